The van der Waals surface area contributed by atoms with Crippen molar-refractivity contribution in [3.63, 3.8) is 0 Å². The molecule has 6 heteroatoms. The van der Waals surface area contributed by atoms with Crippen molar-refractivity contribution in [1.82, 2.24) is 9.80 Å². The van der Waals surface area contributed by atoms with Gasteiger partial charge in [0.05, 0.1) is 26.4 Å². The van der Waals surface area contributed by atoms with E-state index in [4.69, 9.17) is 9.47 Å². The van der Waals surface area contributed by atoms with E-state index in [2.05, 4.69) is 4.90 Å². The number of carbonyl (C=O) groups excluding carboxylic acids is 2. The summed E-state index contributed by atoms with van der Waals surface area (Å²) in [5.41, 5.74) is 1.63. The van der Waals surface area contributed by atoms with Gasteiger partial charge in [-0.25, -0.2) is 0 Å². The molecule has 2 fully saturated rings. The summed E-state index contributed by atoms with van der Waals surface area (Å²) in [6, 6.07) is 5.41. The van der Waals surface area contributed by atoms with E-state index >= 15 is 0 Å². The van der Waals surface area contributed by atoms with Crippen LogP contribution >= 0.6 is 0 Å². The third-order valence-electron chi connectivity index (χ3n) is 5.03. The topological polar surface area (TPSA) is 59.1 Å². The fourth-order valence-electron chi connectivity index (χ4n) is 3.63. The number of rotatable bonds is 5. The smallest absolute Gasteiger partial charge is 0.240 e. The van der Waals surface area contributed by atoms with Crippen LogP contribution in [0.15, 0.2) is 18.2 Å². The van der Waals surface area contributed by atoms with Crippen LogP contribution in [0.2, 0.25) is 0 Å². The minimum absolute atomic E-state index is 0.0336. The molecule has 0 saturated carbocycles. The highest BCUT2D eigenvalue weighted by Gasteiger charge is 2.34. The second-order valence-corrected chi connectivity index (χ2v) is 6.65. The van der Waals surface area contributed by atoms with Crippen LogP contribution in [0.4, 0.5) is 0 Å². The van der Waals surface area contributed by atoms with E-state index in [0.29, 0.717) is 38.4 Å². The van der Waals surface area contributed by atoms with E-state index in [1.807, 2.05) is 17.0 Å². The van der Waals surface area contributed by atoms with E-state index < -0.39 is 0 Å². The normalized spacial score (nSPS) is 21.4. The summed E-state index contributed by atoms with van der Waals surface area (Å²) >= 11 is 0. The Bertz CT molecular complexity index is 640. The predicted octanol–water partition coefficient (Wildman–Crippen LogP) is 1.72. The Kier molecular flexibility index (Phi) is 5.71. The minimum atomic E-state index is -0.0937. The van der Waals surface area contributed by atoms with Crippen LogP contribution in [0.1, 0.15) is 35.7 Å². The van der Waals surface area contributed by atoms with Gasteiger partial charge in [-0.05, 0) is 44.5 Å². The zero-order chi connectivity index (χ0) is 17.8. The molecule has 2 aliphatic rings. The van der Waals surface area contributed by atoms with Crippen molar-refractivity contribution < 1.29 is 19.1 Å². The van der Waals surface area contributed by atoms with Gasteiger partial charge < -0.3 is 14.4 Å². The average Bonchev–Trinajstić information content (AvgIpc) is 3.09. The van der Waals surface area contributed by atoms with Gasteiger partial charge in [-0.2, -0.15) is 0 Å². The molecule has 1 aromatic rings. The number of likely N-dealkylation sites (tertiary alicyclic amines) is 1. The van der Waals surface area contributed by atoms with Gasteiger partial charge in [0.25, 0.3) is 0 Å². The quantitative estimate of drug-likeness (QED) is 0.760. The molecule has 0 bridgehead atoms. The first-order valence-corrected chi connectivity index (χ1v) is 8.88. The van der Waals surface area contributed by atoms with Crippen molar-refractivity contribution in [1.29, 1.82) is 0 Å². The Hall–Kier alpha value is -1.92. The highest BCUT2D eigenvalue weighted by Crippen LogP contribution is 2.27. The number of Topliss-reactive ketones (excluding diaryl/α,β-unsaturated/α-hetero) is 1. The molecule has 136 valence electrons. The van der Waals surface area contributed by atoms with Crippen LogP contribution in [0.3, 0.4) is 0 Å². The first-order valence-electron chi connectivity index (χ1n) is 8.88. The van der Waals surface area contributed by atoms with Gasteiger partial charge in [0, 0.05) is 30.8 Å². The van der Waals surface area contributed by atoms with Crippen LogP contribution in [-0.4, -0.2) is 67.5 Å². The van der Waals surface area contributed by atoms with Gasteiger partial charge in [0.15, 0.2) is 5.78 Å². The van der Waals surface area contributed by atoms with Crippen molar-refractivity contribution >= 4 is 11.7 Å². The number of carbonyl (C=O) groups is 2. The number of methoxy groups -OCH3 is 1. The molecule has 0 aliphatic carbocycles. The van der Waals surface area contributed by atoms with E-state index in [-0.39, 0.29) is 17.7 Å². The third kappa shape index (κ3) is 4.02. The Labute approximate surface area is 148 Å². The van der Waals surface area contributed by atoms with Crippen LogP contribution < -0.4 is 4.74 Å². The molecule has 1 amide bonds. The summed E-state index contributed by atoms with van der Waals surface area (Å²) in [5, 5.41) is 0. The molecule has 2 aliphatic heterocycles. The van der Waals surface area contributed by atoms with E-state index in [1.165, 1.54) is 0 Å². The summed E-state index contributed by atoms with van der Waals surface area (Å²) in [4.78, 5) is 28.7. The number of morpholine rings is 1. The number of nitrogens with zero attached hydrogens (tertiary/aromatic N) is 2. The molecular weight excluding hydrogens is 320 g/mol. The lowest BCUT2D eigenvalue weighted by Crippen LogP contribution is -2.49. The van der Waals surface area contributed by atoms with E-state index in [1.54, 1.807) is 20.1 Å². The van der Waals surface area contributed by atoms with Gasteiger partial charge in [0.2, 0.25) is 5.91 Å². The van der Waals surface area contributed by atoms with Crippen LogP contribution in [-0.2, 0) is 16.1 Å². The largest absolute Gasteiger partial charge is 0.496 e. The van der Waals surface area contributed by atoms with Gasteiger partial charge >= 0.3 is 0 Å². The lowest BCUT2D eigenvalue weighted by molar-refractivity contribution is -0.140. The van der Waals surface area contributed by atoms with Gasteiger partial charge in [-0.1, -0.05) is 0 Å². The fraction of sp³-hybridized carbons (Fsp3) is 0.579. The molecule has 0 radical (unpaired) electrons. The molecule has 0 N–H and O–H groups in total. The van der Waals surface area contributed by atoms with Gasteiger partial charge in [-0.3, -0.25) is 14.5 Å². The Morgan fingerprint density at radius 3 is 2.68 bits per heavy atom. The van der Waals surface area contributed by atoms with Crippen molar-refractivity contribution in [2.75, 3.05) is 40.0 Å². The zero-order valence-corrected chi connectivity index (χ0v) is 15.0. The highest BCUT2D eigenvalue weighted by atomic mass is 16.5. The molecule has 25 heavy (non-hydrogen) atoms. The van der Waals surface area contributed by atoms with Crippen LogP contribution in [0.5, 0.6) is 5.75 Å². The van der Waals surface area contributed by atoms with Gasteiger partial charge in [0.1, 0.15) is 5.75 Å². The molecule has 0 spiro atoms. The van der Waals surface area contributed by atoms with Crippen molar-refractivity contribution in [2.45, 2.75) is 32.4 Å². The van der Waals surface area contributed by atoms with E-state index in [0.717, 1.165) is 30.7 Å². The lowest BCUT2D eigenvalue weighted by Gasteiger charge is -2.32. The molecule has 1 unspecified atom stereocenters. The molecule has 2 saturated heterocycles. The number of benzene rings is 1. The average molecular weight is 346 g/mol. The van der Waals surface area contributed by atoms with Crippen molar-refractivity contribution in [3.05, 3.63) is 29.3 Å². The summed E-state index contributed by atoms with van der Waals surface area (Å²) in [6.07, 6.45) is 1.89. The van der Waals surface area contributed by atoms with Crippen molar-refractivity contribution in [3.8, 4) is 5.75 Å². The molecule has 1 atom stereocenters. The highest BCUT2D eigenvalue weighted by molar-refractivity contribution is 5.94. The lowest BCUT2D eigenvalue weighted by atomic mass is 10.1. The monoisotopic (exact) mass is 346 g/mol. The molecule has 1 aromatic carbocycles. The minimum Gasteiger partial charge on any atom is -0.496 e. The third-order valence-corrected chi connectivity index (χ3v) is 5.03. The first kappa shape index (κ1) is 17.9. The van der Waals surface area contributed by atoms with Crippen molar-refractivity contribution in [2.24, 2.45) is 0 Å². The summed E-state index contributed by atoms with van der Waals surface area (Å²) < 4.78 is 10.8. The maximum atomic E-state index is 12.9. The fourth-order valence-corrected chi connectivity index (χ4v) is 3.63. The number of amides is 1. The molecule has 3 rings (SSSR count). The van der Waals surface area contributed by atoms with Crippen LogP contribution in [0, 0.1) is 0 Å². The maximum absolute atomic E-state index is 12.9. The Balaban J connectivity index is 1.75. The number of hydrogen-bond acceptors (Lipinski definition) is 5. The molecule has 6 nitrogen and oxygen atoms in total. The van der Waals surface area contributed by atoms with Crippen LogP contribution in [0.25, 0.3) is 0 Å². The summed E-state index contributed by atoms with van der Waals surface area (Å²) in [5.74, 6) is 0.989. The number of hydrogen-bond donors (Lipinski definition) is 0. The zero-order valence-electron chi connectivity index (χ0n) is 15.0. The number of ketones is 1. The Morgan fingerprint density at radius 2 is 2.00 bits per heavy atom. The Morgan fingerprint density at radius 1 is 1.24 bits per heavy atom. The summed E-state index contributed by atoms with van der Waals surface area (Å²) in [6.45, 7) is 5.64. The standard InChI is InChI=1S/C19H26N2O4/c1-14(22)15-5-6-18(24-2)16(12-15)13-21-7-3-4-17(21)19(23)20-8-10-25-11-9-20/h5-6,12,17H,3-4,7-11,13H2,1-2H3. The molecule has 0 aromatic heterocycles. The predicted molar refractivity (Wildman–Crippen MR) is 93.8 cm³/mol. The molecular formula is C19H26N2O4. The maximum Gasteiger partial charge on any atom is 0.240 e. The number of ether oxygens (including phenoxy) is 2. The van der Waals surface area contributed by atoms with E-state index in [9.17, 15) is 9.59 Å². The van der Waals surface area contributed by atoms with Gasteiger partial charge in [-0.15, -0.1) is 0 Å². The summed E-state index contributed by atoms with van der Waals surface area (Å²) in [7, 11) is 1.63. The second-order valence-electron chi connectivity index (χ2n) is 6.65. The molecule has 2 heterocycles. The SMILES string of the molecule is COc1ccc(C(C)=O)cc1CN1CCCC1C(=O)N1CCOCC1. The second kappa shape index (κ2) is 7.97. The first-order chi connectivity index (χ1) is 12.1.